The fraction of sp³-hybridized carbons (Fsp3) is 0.571. The number of carbonyl (C=O) groups excluding carboxylic acids is 2. The third kappa shape index (κ3) is 1.46. The Kier molecular flexibility index (Phi) is 2.45. The van der Waals surface area contributed by atoms with E-state index in [4.69, 9.17) is 7.64 Å². The van der Waals surface area contributed by atoms with Gasteiger partial charge < -0.3 is 0 Å². The molecule has 4 rings (SSSR count). The minimum atomic E-state index is -3.08. The van der Waals surface area contributed by atoms with Crippen molar-refractivity contribution in [1.29, 1.82) is 0 Å². The summed E-state index contributed by atoms with van der Waals surface area (Å²) in [4.78, 5) is 24.2. The molecule has 102 valence electrons. The van der Waals surface area contributed by atoms with Gasteiger partial charge in [-0.25, -0.2) is 0 Å². The van der Waals surface area contributed by atoms with Crippen LogP contribution >= 0.6 is 0 Å². The molecule has 1 spiro atoms. The van der Waals surface area contributed by atoms with Crippen LogP contribution < -0.4 is 0 Å². The van der Waals surface area contributed by atoms with Crippen LogP contribution in [0.15, 0.2) is 20.1 Å². The molecule has 0 aromatic heterocycles. The van der Waals surface area contributed by atoms with Crippen LogP contribution in [0.25, 0.3) is 0 Å². The van der Waals surface area contributed by atoms with Crippen LogP contribution in [0, 0.1) is 0 Å². The first-order chi connectivity index (χ1) is 9.22. The summed E-state index contributed by atoms with van der Waals surface area (Å²) in [6, 6.07) is 0. The van der Waals surface area contributed by atoms with Crippen molar-refractivity contribution in [3.8, 4) is 0 Å². The molecule has 0 saturated carbocycles. The monoisotopic (exact) mass is 328 g/mol. The van der Waals surface area contributed by atoms with E-state index in [1.54, 1.807) is 0 Å². The molecule has 0 atom stereocenters. The van der Waals surface area contributed by atoms with Crippen LogP contribution in [0.3, 0.4) is 0 Å². The van der Waals surface area contributed by atoms with E-state index in [1.165, 1.54) is 0 Å². The molecule has 2 aliphatic heterocycles. The van der Waals surface area contributed by atoms with Gasteiger partial charge in [-0.15, -0.1) is 0 Å². The maximum atomic E-state index is 12.1. The van der Waals surface area contributed by atoms with E-state index in [2.05, 4.69) is 0 Å². The third-order valence-corrected chi connectivity index (χ3v) is 10.6. The molecule has 0 fully saturated rings. The van der Waals surface area contributed by atoms with Gasteiger partial charge in [0.1, 0.15) is 0 Å². The average molecular weight is 327 g/mol. The zero-order valence-electron chi connectivity index (χ0n) is 10.7. The van der Waals surface area contributed by atoms with Crippen LogP contribution in [-0.4, -0.2) is 25.4 Å². The summed E-state index contributed by atoms with van der Waals surface area (Å²) >= 11 is -3.08. The summed E-state index contributed by atoms with van der Waals surface area (Å²) in [6.45, 7) is 0. The van der Waals surface area contributed by atoms with Crippen molar-refractivity contribution in [2.24, 2.45) is 0 Å². The molecule has 5 heteroatoms. The Morgan fingerprint density at radius 2 is 1.11 bits per heavy atom. The van der Waals surface area contributed by atoms with Crippen molar-refractivity contribution in [1.82, 2.24) is 0 Å². The quantitative estimate of drug-likeness (QED) is 0.641. The van der Waals surface area contributed by atoms with Crippen molar-refractivity contribution in [3.63, 3.8) is 0 Å². The van der Waals surface area contributed by atoms with Crippen molar-refractivity contribution in [2.45, 2.75) is 51.4 Å². The molecular weight excluding hydrogens is 311 g/mol. The van der Waals surface area contributed by atoms with Crippen molar-refractivity contribution in [3.05, 3.63) is 20.1 Å². The van der Waals surface area contributed by atoms with E-state index in [0.29, 0.717) is 0 Å². The Morgan fingerprint density at radius 3 is 1.58 bits per heavy atom. The molecule has 4 aliphatic rings. The maximum absolute atomic E-state index is 12.1. The first kappa shape index (κ1) is 11.7. The number of rotatable bonds is 0. The van der Waals surface area contributed by atoms with Crippen molar-refractivity contribution >= 4 is 25.4 Å². The second-order valence-corrected chi connectivity index (χ2v) is 10.3. The standard InChI is InChI=1S/C14H16O4Se/c15-13-9-5-1-3-7-11(9)19(17-13)12-8-4-2-6-10(12)14(16)18-19/h1-8H2. The van der Waals surface area contributed by atoms with E-state index >= 15 is 0 Å². The third-order valence-electron chi connectivity index (χ3n) is 4.36. The summed E-state index contributed by atoms with van der Waals surface area (Å²) in [6.07, 6.45) is 7.60. The van der Waals surface area contributed by atoms with Gasteiger partial charge in [0.25, 0.3) is 0 Å². The average Bonchev–Trinajstić information content (AvgIpc) is 2.88. The fourth-order valence-corrected chi connectivity index (χ4v) is 10.2. The first-order valence-electron chi connectivity index (χ1n) is 6.97. The van der Waals surface area contributed by atoms with Gasteiger partial charge in [0.15, 0.2) is 0 Å². The van der Waals surface area contributed by atoms with Gasteiger partial charge in [-0.3, -0.25) is 0 Å². The fourth-order valence-electron chi connectivity index (χ4n) is 3.46. The van der Waals surface area contributed by atoms with Crippen molar-refractivity contribution in [2.75, 3.05) is 0 Å². The summed E-state index contributed by atoms with van der Waals surface area (Å²) in [5, 5.41) is 0. The SMILES string of the molecule is O=C1O[Se]2(OC(=O)C3=C2CCCC3)C2=C1CCCC2. The molecule has 0 aromatic rings. The number of hydrogen-bond donors (Lipinski definition) is 0. The van der Waals surface area contributed by atoms with Gasteiger partial charge in [-0.1, -0.05) is 0 Å². The topological polar surface area (TPSA) is 52.6 Å². The molecule has 0 unspecified atom stereocenters. The van der Waals surface area contributed by atoms with E-state index in [-0.39, 0.29) is 11.9 Å². The molecule has 19 heavy (non-hydrogen) atoms. The van der Waals surface area contributed by atoms with E-state index in [0.717, 1.165) is 71.5 Å². The van der Waals surface area contributed by atoms with Gasteiger partial charge in [0.05, 0.1) is 0 Å². The molecular formula is C14H16O4Se. The van der Waals surface area contributed by atoms with Crippen molar-refractivity contribution < 1.29 is 17.2 Å². The Balaban J connectivity index is 1.87. The van der Waals surface area contributed by atoms with Gasteiger partial charge in [-0.05, 0) is 0 Å². The molecule has 4 nitrogen and oxygen atoms in total. The normalized spacial score (nSPS) is 30.1. The molecule has 0 amide bonds. The zero-order valence-corrected chi connectivity index (χ0v) is 12.4. The van der Waals surface area contributed by atoms with Crippen LogP contribution in [0.2, 0.25) is 0 Å². The molecule has 0 radical (unpaired) electrons. The molecule has 0 saturated heterocycles. The van der Waals surface area contributed by atoms with Crippen LogP contribution in [0.4, 0.5) is 0 Å². The van der Waals surface area contributed by atoms with E-state index in [1.807, 2.05) is 0 Å². The van der Waals surface area contributed by atoms with E-state index in [9.17, 15) is 9.59 Å². The molecule has 0 bridgehead atoms. The van der Waals surface area contributed by atoms with Crippen LogP contribution in [0.5, 0.6) is 0 Å². The molecule has 0 N–H and O–H groups in total. The molecule has 0 aromatic carbocycles. The Labute approximate surface area is 114 Å². The van der Waals surface area contributed by atoms with E-state index < -0.39 is 13.5 Å². The number of fused-ring (bicyclic) bond motifs is 2. The summed E-state index contributed by atoms with van der Waals surface area (Å²) in [5.41, 5.74) is 1.66. The zero-order chi connectivity index (χ0) is 13.0. The number of allylic oxidation sites excluding steroid dienone is 2. The van der Waals surface area contributed by atoms with Gasteiger partial charge in [0, 0.05) is 0 Å². The predicted octanol–water partition coefficient (Wildman–Crippen LogP) is 2.36. The van der Waals surface area contributed by atoms with Gasteiger partial charge in [-0.2, -0.15) is 0 Å². The second-order valence-electron chi connectivity index (χ2n) is 5.46. The first-order valence-corrected chi connectivity index (χ1v) is 10.1. The predicted molar refractivity (Wildman–Crippen MR) is 68.9 cm³/mol. The number of hydrogen-bond acceptors (Lipinski definition) is 4. The Hall–Kier alpha value is -1.06. The molecule has 2 heterocycles. The second kappa shape index (κ2) is 3.97. The summed E-state index contributed by atoms with van der Waals surface area (Å²) < 4.78 is 13.7. The summed E-state index contributed by atoms with van der Waals surface area (Å²) in [5.74, 6) is -0.413. The van der Waals surface area contributed by atoms with Crippen LogP contribution in [-0.2, 0) is 17.2 Å². The van der Waals surface area contributed by atoms with Gasteiger partial charge >= 0.3 is 114 Å². The summed E-state index contributed by atoms with van der Waals surface area (Å²) in [7, 11) is 0. The minimum absolute atomic E-state index is 0.207. The Morgan fingerprint density at radius 1 is 0.684 bits per heavy atom. The molecule has 2 aliphatic carbocycles. The number of carbonyl (C=O) groups is 2. The van der Waals surface area contributed by atoms with Crippen LogP contribution in [0.1, 0.15) is 51.4 Å². The van der Waals surface area contributed by atoms with Gasteiger partial charge in [0.2, 0.25) is 0 Å². The Bertz CT molecular complexity index is 508.